The van der Waals surface area contributed by atoms with Crippen molar-refractivity contribution in [1.82, 2.24) is 15.5 Å². The number of aryl methyl sites for hydroxylation is 1. The smallest absolute Gasteiger partial charge is 0.328 e. The third-order valence-corrected chi connectivity index (χ3v) is 10.4. The van der Waals surface area contributed by atoms with Crippen molar-refractivity contribution in [1.29, 1.82) is 0 Å². The van der Waals surface area contributed by atoms with Gasteiger partial charge in [0, 0.05) is 30.6 Å². The molecule has 5 aromatic carbocycles. The molecule has 0 aliphatic heterocycles. The van der Waals surface area contributed by atoms with Crippen molar-refractivity contribution in [3.8, 4) is 16.9 Å². The van der Waals surface area contributed by atoms with Gasteiger partial charge in [-0.3, -0.25) is 14.5 Å². The zero-order chi connectivity index (χ0) is 39.9. The normalized spacial score (nSPS) is 11.8. The van der Waals surface area contributed by atoms with E-state index in [2.05, 4.69) is 41.5 Å². The highest BCUT2D eigenvalue weighted by Gasteiger charge is 2.25. The molecule has 9 heteroatoms. The standard InChI is InChI=1S/C47H53N3O5S/c1-34-14-12-13-19-40(34)42-28-37(22-25-41(42)45(52)49-43(26-27-56-5)46(53)54-4)30-50(31-44(51)48-33-47(2,3)38-17-10-7-11-18-38)29-35-20-23-39(24-21-35)55-32-36-15-8-6-9-16-36/h6-25,28,43H,26-27,29-33H2,1-5H3,(H,48,51)(H,49,52). The van der Waals surface area contributed by atoms with Crippen molar-refractivity contribution >= 4 is 29.5 Å². The summed E-state index contributed by atoms with van der Waals surface area (Å²) >= 11 is 1.60. The van der Waals surface area contributed by atoms with E-state index in [0.29, 0.717) is 44.0 Å². The number of benzene rings is 5. The number of carbonyl (C=O) groups is 3. The second kappa shape index (κ2) is 20.5. The number of hydrogen-bond acceptors (Lipinski definition) is 7. The Labute approximate surface area is 336 Å². The maximum Gasteiger partial charge on any atom is 0.328 e. The number of nitrogens with zero attached hydrogens (tertiary/aromatic N) is 1. The Morgan fingerprint density at radius 3 is 2.09 bits per heavy atom. The fourth-order valence-electron chi connectivity index (χ4n) is 6.53. The molecule has 292 valence electrons. The molecule has 1 atom stereocenters. The predicted molar refractivity (Wildman–Crippen MR) is 227 cm³/mol. The van der Waals surface area contributed by atoms with E-state index < -0.39 is 12.0 Å². The van der Waals surface area contributed by atoms with Gasteiger partial charge in [-0.2, -0.15) is 11.8 Å². The lowest BCUT2D eigenvalue weighted by atomic mass is 9.84. The molecule has 0 radical (unpaired) electrons. The first-order chi connectivity index (χ1) is 27.1. The van der Waals surface area contributed by atoms with Gasteiger partial charge in [0.25, 0.3) is 5.91 Å². The number of nitrogens with one attached hydrogen (secondary N) is 2. The molecule has 56 heavy (non-hydrogen) atoms. The van der Waals surface area contributed by atoms with Gasteiger partial charge in [-0.05, 0) is 88.6 Å². The highest BCUT2D eigenvalue weighted by atomic mass is 32.2. The highest BCUT2D eigenvalue weighted by molar-refractivity contribution is 7.98. The number of rotatable bonds is 19. The molecule has 0 aliphatic rings. The third kappa shape index (κ3) is 12.1. The van der Waals surface area contributed by atoms with Crippen LogP contribution in [0.25, 0.3) is 11.1 Å². The average Bonchev–Trinajstić information content (AvgIpc) is 3.22. The van der Waals surface area contributed by atoms with Crippen molar-refractivity contribution in [3.05, 3.63) is 161 Å². The van der Waals surface area contributed by atoms with Crippen molar-refractivity contribution in [2.45, 2.75) is 58.3 Å². The Morgan fingerprint density at radius 2 is 1.41 bits per heavy atom. The second-order valence-corrected chi connectivity index (χ2v) is 15.6. The van der Waals surface area contributed by atoms with Gasteiger partial charge in [0.05, 0.1) is 13.7 Å². The van der Waals surface area contributed by atoms with E-state index in [4.69, 9.17) is 9.47 Å². The monoisotopic (exact) mass is 771 g/mol. The molecule has 0 spiro atoms. The van der Waals surface area contributed by atoms with Crippen molar-refractivity contribution in [2.75, 3.05) is 32.2 Å². The lowest BCUT2D eigenvalue weighted by Gasteiger charge is -2.27. The van der Waals surface area contributed by atoms with Crippen molar-refractivity contribution in [3.63, 3.8) is 0 Å². The van der Waals surface area contributed by atoms with Crippen LogP contribution in [0, 0.1) is 6.92 Å². The van der Waals surface area contributed by atoms with Gasteiger partial charge < -0.3 is 20.1 Å². The lowest BCUT2D eigenvalue weighted by molar-refractivity contribution is -0.142. The molecule has 2 amide bonds. The molecule has 0 bridgehead atoms. The van der Waals surface area contributed by atoms with E-state index in [1.807, 2.05) is 128 Å². The predicted octanol–water partition coefficient (Wildman–Crippen LogP) is 8.36. The van der Waals surface area contributed by atoms with Crippen LogP contribution in [0.2, 0.25) is 0 Å². The van der Waals surface area contributed by atoms with Crippen molar-refractivity contribution < 1.29 is 23.9 Å². The van der Waals surface area contributed by atoms with Crippen LogP contribution in [0.3, 0.4) is 0 Å². The van der Waals surface area contributed by atoms with Crippen LogP contribution in [0.15, 0.2) is 127 Å². The molecule has 0 heterocycles. The third-order valence-electron chi connectivity index (χ3n) is 9.80. The summed E-state index contributed by atoms with van der Waals surface area (Å²) in [6.07, 6.45) is 2.41. The van der Waals surface area contributed by atoms with Gasteiger partial charge in [0.2, 0.25) is 5.91 Å². The zero-order valence-corrected chi connectivity index (χ0v) is 33.9. The summed E-state index contributed by atoms with van der Waals surface area (Å²) in [5.74, 6) is 0.562. The second-order valence-electron chi connectivity index (χ2n) is 14.6. The van der Waals surface area contributed by atoms with Gasteiger partial charge in [0.15, 0.2) is 0 Å². The first-order valence-corrected chi connectivity index (χ1v) is 20.3. The number of amides is 2. The van der Waals surface area contributed by atoms with E-state index in [9.17, 15) is 14.4 Å². The van der Waals surface area contributed by atoms with E-state index in [-0.39, 0.29) is 23.8 Å². The Kier molecular flexibility index (Phi) is 15.3. The van der Waals surface area contributed by atoms with Crippen LogP contribution in [-0.2, 0) is 39.4 Å². The molecular formula is C47H53N3O5S. The van der Waals surface area contributed by atoms with Crippen molar-refractivity contribution in [2.24, 2.45) is 0 Å². The first kappa shape index (κ1) is 41.8. The van der Waals surface area contributed by atoms with Crippen LogP contribution >= 0.6 is 11.8 Å². The number of hydrogen-bond donors (Lipinski definition) is 2. The molecule has 5 rings (SSSR count). The molecule has 2 N–H and O–H groups in total. The summed E-state index contributed by atoms with van der Waals surface area (Å²) in [6.45, 7) is 8.35. The molecule has 1 unspecified atom stereocenters. The zero-order valence-electron chi connectivity index (χ0n) is 33.0. The number of esters is 1. The van der Waals surface area contributed by atoms with Crippen LogP contribution in [0.4, 0.5) is 0 Å². The fraction of sp³-hybridized carbons (Fsp3) is 0.298. The number of ether oxygens (including phenoxy) is 2. The minimum atomic E-state index is -0.764. The molecule has 5 aromatic rings. The summed E-state index contributed by atoms with van der Waals surface area (Å²) < 4.78 is 11.0. The number of thioether (sulfide) groups is 1. The molecule has 0 saturated carbocycles. The molecule has 0 aromatic heterocycles. The molecule has 0 aliphatic carbocycles. The van der Waals surface area contributed by atoms with Crippen LogP contribution in [-0.4, -0.2) is 60.9 Å². The summed E-state index contributed by atoms with van der Waals surface area (Å²) in [5.41, 5.74) is 7.10. The molecular weight excluding hydrogens is 719 g/mol. The minimum Gasteiger partial charge on any atom is -0.489 e. The Bertz CT molecular complexity index is 2040. The van der Waals surface area contributed by atoms with E-state index in [0.717, 1.165) is 44.7 Å². The highest BCUT2D eigenvalue weighted by Crippen LogP contribution is 2.29. The SMILES string of the molecule is COC(=O)C(CCSC)NC(=O)c1ccc(CN(CC(=O)NCC(C)(C)c2ccccc2)Cc2ccc(OCc3ccccc3)cc2)cc1-c1ccccc1C. The van der Waals surface area contributed by atoms with Crippen LogP contribution < -0.4 is 15.4 Å². The summed E-state index contributed by atoms with van der Waals surface area (Å²) in [5, 5.41) is 6.12. The Balaban J connectivity index is 1.40. The van der Waals surface area contributed by atoms with E-state index in [1.54, 1.807) is 11.8 Å². The average molecular weight is 772 g/mol. The first-order valence-electron chi connectivity index (χ1n) is 18.9. The summed E-state index contributed by atoms with van der Waals surface area (Å²) in [4.78, 5) is 42.2. The molecule has 0 fully saturated rings. The number of methoxy groups -OCH3 is 1. The maximum absolute atomic E-state index is 13.9. The summed E-state index contributed by atoms with van der Waals surface area (Å²) in [7, 11) is 1.33. The van der Waals surface area contributed by atoms with Crippen LogP contribution in [0.1, 0.15) is 58.4 Å². The van der Waals surface area contributed by atoms with Gasteiger partial charge in [-0.25, -0.2) is 4.79 Å². The Morgan fingerprint density at radius 1 is 0.768 bits per heavy atom. The van der Waals surface area contributed by atoms with E-state index >= 15 is 0 Å². The molecule has 0 saturated heterocycles. The topological polar surface area (TPSA) is 97.0 Å². The Hall–Kier alpha value is -5.38. The van der Waals surface area contributed by atoms with Crippen LogP contribution in [0.5, 0.6) is 5.75 Å². The quantitative estimate of drug-likeness (QED) is 0.0815. The fourth-order valence-corrected chi connectivity index (χ4v) is 7.01. The van der Waals surface area contributed by atoms with Gasteiger partial charge in [-0.15, -0.1) is 0 Å². The van der Waals surface area contributed by atoms with Gasteiger partial charge in [0.1, 0.15) is 18.4 Å². The van der Waals surface area contributed by atoms with E-state index in [1.165, 1.54) is 7.11 Å². The van der Waals surface area contributed by atoms with Gasteiger partial charge in [-0.1, -0.05) is 117 Å². The maximum atomic E-state index is 13.9. The minimum absolute atomic E-state index is 0.0777. The van der Waals surface area contributed by atoms with Gasteiger partial charge >= 0.3 is 5.97 Å². The summed E-state index contributed by atoms with van der Waals surface area (Å²) in [6, 6.07) is 41.2. The number of carbonyl (C=O) groups excluding carboxylic acids is 3. The molecule has 8 nitrogen and oxygen atoms in total. The lowest BCUT2D eigenvalue weighted by Crippen LogP contribution is -2.42. The largest absolute Gasteiger partial charge is 0.489 e.